The number of likely N-dealkylation sites (N-methyl/N-ethyl adjacent to an activating group) is 1. The van der Waals surface area contributed by atoms with Crippen molar-refractivity contribution in [2.45, 2.75) is 30.7 Å². The highest BCUT2D eigenvalue weighted by Gasteiger charge is 2.55. The molecule has 2 aromatic rings. The SMILES string of the molecule is CSC1=NC2(CC(C)(c3ccccc3)Cc3ccc(Br)cc32)C(=O)N1C. The van der Waals surface area contributed by atoms with Gasteiger partial charge in [0.05, 0.1) is 0 Å². The normalized spacial score (nSPS) is 27.6. The molecule has 0 aromatic heterocycles. The van der Waals surface area contributed by atoms with Crippen molar-refractivity contribution in [2.75, 3.05) is 13.3 Å². The van der Waals surface area contributed by atoms with Crippen LogP contribution in [0, 0.1) is 0 Å². The third-order valence-electron chi connectivity index (χ3n) is 5.63. The van der Waals surface area contributed by atoms with E-state index in [-0.39, 0.29) is 11.3 Å². The minimum Gasteiger partial charge on any atom is -0.292 e. The summed E-state index contributed by atoms with van der Waals surface area (Å²) in [5, 5.41) is 0.790. The van der Waals surface area contributed by atoms with Crippen LogP contribution >= 0.6 is 27.7 Å². The molecule has 0 saturated carbocycles. The number of aliphatic imine (C=N–C) groups is 1. The summed E-state index contributed by atoms with van der Waals surface area (Å²) in [6, 6.07) is 16.8. The van der Waals surface area contributed by atoms with Crippen LogP contribution in [0.1, 0.15) is 30.0 Å². The van der Waals surface area contributed by atoms with Crippen molar-refractivity contribution in [1.29, 1.82) is 0 Å². The van der Waals surface area contributed by atoms with Crippen molar-refractivity contribution in [2.24, 2.45) is 4.99 Å². The molecule has 0 N–H and O–H groups in total. The van der Waals surface area contributed by atoms with Gasteiger partial charge in [-0.1, -0.05) is 71.0 Å². The molecule has 1 heterocycles. The Kier molecular flexibility index (Phi) is 4.27. The lowest BCUT2D eigenvalue weighted by molar-refractivity contribution is -0.131. The average molecular weight is 429 g/mol. The van der Waals surface area contributed by atoms with Gasteiger partial charge in [0.1, 0.15) is 0 Å². The van der Waals surface area contributed by atoms with Crippen molar-refractivity contribution in [3.63, 3.8) is 0 Å². The van der Waals surface area contributed by atoms with Crippen molar-refractivity contribution < 1.29 is 4.79 Å². The van der Waals surface area contributed by atoms with Gasteiger partial charge >= 0.3 is 0 Å². The van der Waals surface area contributed by atoms with E-state index in [2.05, 4.69) is 65.3 Å². The van der Waals surface area contributed by atoms with E-state index in [1.807, 2.05) is 19.4 Å². The molecule has 2 atom stereocenters. The number of amides is 1. The maximum atomic E-state index is 13.4. The molecule has 0 radical (unpaired) electrons. The number of hydrogen-bond acceptors (Lipinski definition) is 3. The van der Waals surface area contributed by atoms with E-state index in [0.717, 1.165) is 21.6 Å². The maximum absolute atomic E-state index is 13.4. The molecule has 1 aliphatic heterocycles. The fraction of sp³-hybridized carbons (Fsp3) is 0.333. The van der Waals surface area contributed by atoms with Crippen molar-refractivity contribution >= 4 is 38.8 Å². The minimum atomic E-state index is -0.838. The molecule has 5 heteroatoms. The highest BCUT2D eigenvalue weighted by molar-refractivity contribution is 9.10. The van der Waals surface area contributed by atoms with Gasteiger partial charge in [0.15, 0.2) is 10.7 Å². The van der Waals surface area contributed by atoms with Crippen LogP contribution in [0.15, 0.2) is 58.0 Å². The standard InChI is InChI=1S/C21H21BrN2OS/c1-20(15-7-5-4-6-8-15)12-14-9-10-16(22)11-17(14)21(13-20)18(25)24(2)19(23-21)26-3/h4-11H,12-13H2,1-3H3. The second-order valence-corrected chi connectivity index (χ2v) is 9.09. The molecule has 2 aliphatic rings. The predicted molar refractivity (Wildman–Crippen MR) is 112 cm³/mol. The summed E-state index contributed by atoms with van der Waals surface area (Å²) in [5.74, 6) is 0.0723. The minimum absolute atomic E-state index is 0.0723. The number of carbonyl (C=O) groups is 1. The van der Waals surface area contributed by atoms with Crippen LogP contribution in [-0.2, 0) is 22.2 Å². The van der Waals surface area contributed by atoms with E-state index in [9.17, 15) is 4.79 Å². The first-order valence-corrected chi connectivity index (χ1v) is 10.7. The van der Waals surface area contributed by atoms with Gasteiger partial charge in [-0.2, -0.15) is 0 Å². The summed E-state index contributed by atoms with van der Waals surface area (Å²) in [6.07, 6.45) is 3.56. The molecule has 26 heavy (non-hydrogen) atoms. The number of nitrogens with zero attached hydrogens (tertiary/aromatic N) is 2. The van der Waals surface area contributed by atoms with Crippen LogP contribution in [0.25, 0.3) is 0 Å². The van der Waals surface area contributed by atoms with Crippen LogP contribution in [0.2, 0.25) is 0 Å². The second kappa shape index (κ2) is 6.24. The van der Waals surface area contributed by atoms with Crippen molar-refractivity contribution in [1.82, 2.24) is 4.90 Å². The zero-order valence-electron chi connectivity index (χ0n) is 15.1. The lowest BCUT2D eigenvalue weighted by Gasteiger charge is -2.43. The van der Waals surface area contributed by atoms with Gasteiger partial charge in [-0.15, -0.1) is 0 Å². The molecule has 0 bridgehead atoms. The number of hydrogen-bond donors (Lipinski definition) is 0. The van der Waals surface area contributed by atoms with Crippen LogP contribution in [0.3, 0.4) is 0 Å². The molecule has 0 saturated heterocycles. The molecule has 134 valence electrons. The molecule has 4 rings (SSSR count). The zero-order valence-corrected chi connectivity index (χ0v) is 17.5. The predicted octanol–water partition coefficient (Wildman–Crippen LogP) is 4.74. The van der Waals surface area contributed by atoms with E-state index in [1.54, 1.807) is 4.90 Å². The molecule has 2 aromatic carbocycles. The summed E-state index contributed by atoms with van der Waals surface area (Å²) < 4.78 is 0.988. The maximum Gasteiger partial charge on any atom is 0.260 e. The Labute approximate surface area is 167 Å². The van der Waals surface area contributed by atoms with Gasteiger partial charge in [0.2, 0.25) is 0 Å². The number of thioether (sulfide) groups is 1. The van der Waals surface area contributed by atoms with Crippen molar-refractivity contribution in [3.8, 4) is 0 Å². The number of halogens is 1. The number of carbonyl (C=O) groups excluding carboxylic acids is 1. The Morgan fingerprint density at radius 2 is 1.92 bits per heavy atom. The van der Waals surface area contributed by atoms with Crippen LogP contribution in [0.5, 0.6) is 0 Å². The van der Waals surface area contributed by atoms with Gasteiger partial charge in [-0.25, -0.2) is 4.99 Å². The average Bonchev–Trinajstić information content (AvgIpc) is 2.88. The van der Waals surface area contributed by atoms with Gasteiger partial charge in [0.25, 0.3) is 5.91 Å². The smallest absolute Gasteiger partial charge is 0.260 e. The van der Waals surface area contributed by atoms with Gasteiger partial charge in [0, 0.05) is 11.5 Å². The summed E-state index contributed by atoms with van der Waals surface area (Å²) in [5.41, 5.74) is 2.53. The van der Waals surface area contributed by atoms with Crippen molar-refractivity contribution in [3.05, 3.63) is 69.7 Å². The first-order chi connectivity index (χ1) is 12.4. The van der Waals surface area contributed by atoms with Crippen LogP contribution in [-0.4, -0.2) is 29.3 Å². The highest BCUT2D eigenvalue weighted by atomic mass is 79.9. The Bertz CT molecular complexity index is 913. The number of rotatable bonds is 1. The fourth-order valence-electron chi connectivity index (χ4n) is 4.40. The summed E-state index contributed by atoms with van der Waals surface area (Å²) in [6.45, 7) is 2.26. The number of benzene rings is 2. The van der Waals surface area contributed by atoms with Crippen LogP contribution in [0.4, 0.5) is 0 Å². The first kappa shape index (κ1) is 17.8. The number of amidine groups is 1. The van der Waals surface area contributed by atoms with E-state index < -0.39 is 5.54 Å². The van der Waals surface area contributed by atoms with E-state index in [1.165, 1.54) is 22.9 Å². The molecule has 1 spiro atoms. The molecular weight excluding hydrogens is 408 g/mol. The largest absolute Gasteiger partial charge is 0.292 e. The van der Waals surface area contributed by atoms with E-state index >= 15 is 0 Å². The highest BCUT2D eigenvalue weighted by Crippen LogP contribution is 2.52. The Morgan fingerprint density at radius 3 is 2.58 bits per heavy atom. The summed E-state index contributed by atoms with van der Waals surface area (Å²) >= 11 is 5.11. The second-order valence-electron chi connectivity index (χ2n) is 7.40. The van der Waals surface area contributed by atoms with Gasteiger partial charge < -0.3 is 0 Å². The molecule has 1 amide bonds. The Morgan fingerprint density at radius 1 is 1.19 bits per heavy atom. The van der Waals surface area contributed by atoms with E-state index in [4.69, 9.17) is 4.99 Å². The molecular formula is C21H21BrN2OS. The molecule has 1 aliphatic carbocycles. The third kappa shape index (κ3) is 2.55. The Balaban J connectivity index is 1.95. The lowest BCUT2D eigenvalue weighted by atomic mass is 9.61. The molecule has 2 unspecified atom stereocenters. The summed E-state index contributed by atoms with van der Waals surface area (Å²) in [4.78, 5) is 20.1. The molecule has 0 fully saturated rings. The first-order valence-electron chi connectivity index (χ1n) is 8.66. The lowest BCUT2D eigenvalue weighted by Crippen LogP contribution is -2.47. The van der Waals surface area contributed by atoms with Gasteiger partial charge in [-0.3, -0.25) is 9.69 Å². The third-order valence-corrected chi connectivity index (χ3v) is 6.85. The molecule has 3 nitrogen and oxygen atoms in total. The van der Waals surface area contributed by atoms with Gasteiger partial charge in [-0.05, 0) is 53.3 Å². The fourth-order valence-corrected chi connectivity index (χ4v) is 5.36. The monoisotopic (exact) mass is 428 g/mol. The topological polar surface area (TPSA) is 32.7 Å². The van der Waals surface area contributed by atoms with E-state index in [0.29, 0.717) is 6.42 Å². The summed E-state index contributed by atoms with van der Waals surface area (Å²) in [7, 11) is 1.83. The zero-order chi connectivity index (χ0) is 18.5. The number of fused-ring (bicyclic) bond motifs is 2. The Hall–Kier alpha value is -1.59. The quantitative estimate of drug-likeness (QED) is 0.656. The van der Waals surface area contributed by atoms with Crippen LogP contribution < -0.4 is 0 Å².